The topological polar surface area (TPSA) is 84.6 Å². The van der Waals surface area contributed by atoms with Gasteiger partial charge in [0.05, 0.1) is 10.6 Å². The van der Waals surface area contributed by atoms with E-state index < -0.39 is 17.0 Å². The molecule has 6 nitrogen and oxygen atoms in total. The van der Waals surface area contributed by atoms with E-state index in [4.69, 9.17) is 0 Å². The highest BCUT2D eigenvalue weighted by atomic mass is 16.6. The first-order valence-electron chi connectivity index (χ1n) is 3.60. The Labute approximate surface area is 72.8 Å². The highest BCUT2D eigenvalue weighted by Gasteiger charge is 2.35. The first-order valence-corrected chi connectivity index (χ1v) is 3.60. The third-order valence-electron chi connectivity index (χ3n) is 1.83. The van der Waals surface area contributed by atoms with Crippen LogP contribution in [0.3, 0.4) is 0 Å². The maximum absolute atomic E-state index is 10.8. The number of fused-ring (bicyclic) bond motifs is 1. The Morgan fingerprint density at radius 1 is 1.62 bits per heavy atom. The molecule has 0 aromatic rings. The normalized spacial score (nSPS) is 24.6. The number of carbonyl (C=O) groups is 1. The van der Waals surface area contributed by atoms with Crippen LogP contribution in [-0.2, 0) is 0 Å². The molecule has 1 unspecified atom stereocenters. The van der Waals surface area contributed by atoms with Crippen molar-refractivity contribution in [3.63, 3.8) is 0 Å². The number of nitrogens with zero attached hydrogens (tertiary/aromatic N) is 2. The van der Waals surface area contributed by atoms with E-state index >= 15 is 0 Å². The number of nitro groups is 1. The first kappa shape index (κ1) is 7.66. The summed E-state index contributed by atoms with van der Waals surface area (Å²) in [6.45, 7) is 0. The summed E-state index contributed by atoms with van der Waals surface area (Å²) < 4.78 is 0. The number of aliphatic imine (C=N–C) groups is 1. The van der Waals surface area contributed by atoms with Gasteiger partial charge in [0.25, 0.3) is 5.70 Å². The number of carbonyl (C=O) groups excluding carboxylic acids is 1. The van der Waals surface area contributed by atoms with Gasteiger partial charge in [-0.05, 0) is 6.08 Å². The molecule has 13 heavy (non-hydrogen) atoms. The molecule has 0 spiro atoms. The molecular weight excluding hydrogens is 174 g/mol. The number of nitrogens with one attached hydrogen (secondary N) is 1. The zero-order chi connectivity index (χ0) is 9.42. The lowest BCUT2D eigenvalue weighted by atomic mass is 10.0. The third kappa shape index (κ3) is 1.12. The molecule has 6 heteroatoms. The zero-order valence-corrected chi connectivity index (χ0v) is 6.43. The van der Waals surface area contributed by atoms with Crippen molar-refractivity contribution in [1.82, 2.24) is 5.32 Å². The molecule has 1 N–H and O–H groups in total. The largest absolute Gasteiger partial charge is 0.342 e. The van der Waals surface area contributed by atoms with Gasteiger partial charge in [-0.3, -0.25) is 10.1 Å². The molecule has 1 atom stereocenters. The fraction of sp³-hybridized carbons (Fsp3) is 0.143. The Balaban J connectivity index is 2.39. The molecule has 1 aliphatic heterocycles. The van der Waals surface area contributed by atoms with Gasteiger partial charge in [-0.1, -0.05) is 6.08 Å². The predicted molar refractivity (Wildman–Crippen MR) is 44.0 cm³/mol. The van der Waals surface area contributed by atoms with Crippen LogP contribution in [0.5, 0.6) is 0 Å². The van der Waals surface area contributed by atoms with E-state index in [9.17, 15) is 14.9 Å². The van der Waals surface area contributed by atoms with E-state index in [2.05, 4.69) is 10.3 Å². The summed E-state index contributed by atoms with van der Waals surface area (Å²) in [5, 5.41) is 12.9. The first-order chi connectivity index (χ1) is 6.18. The number of hydrogen-bond donors (Lipinski definition) is 1. The molecule has 0 aromatic carbocycles. The third-order valence-corrected chi connectivity index (χ3v) is 1.83. The number of rotatable bonds is 1. The maximum atomic E-state index is 10.8. The van der Waals surface area contributed by atoms with Crippen molar-refractivity contribution >= 4 is 11.7 Å². The molecule has 66 valence electrons. The van der Waals surface area contributed by atoms with E-state index in [-0.39, 0.29) is 5.70 Å². The van der Waals surface area contributed by atoms with Gasteiger partial charge < -0.3 is 5.32 Å². The molecule has 0 radical (unpaired) electrons. The van der Waals surface area contributed by atoms with Crippen LogP contribution in [0, 0.1) is 10.1 Å². The molecular formula is C7H5N3O3. The van der Waals surface area contributed by atoms with Crippen molar-refractivity contribution in [1.29, 1.82) is 0 Å². The smallest absolute Gasteiger partial charge is 0.318 e. The molecule has 1 heterocycles. The zero-order valence-electron chi connectivity index (χ0n) is 6.43. The summed E-state index contributed by atoms with van der Waals surface area (Å²) in [6, 6.07) is -1.20. The van der Waals surface area contributed by atoms with Crippen LogP contribution in [0.4, 0.5) is 4.79 Å². The molecule has 2 rings (SSSR count). The van der Waals surface area contributed by atoms with E-state index in [1.165, 1.54) is 12.2 Å². The van der Waals surface area contributed by atoms with Gasteiger partial charge in [0.1, 0.15) is 0 Å². The van der Waals surface area contributed by atoms with Gasteiger partial charge >= 0.3 is 6.03 Å². The second-order valence-corrected chi connectivity index (χ2v) is 2.63. The number of hydrogen-bond acceptors (Lipinski definition) is 3. The Kier molecular flexibility index (Phi) is 1.48. The standard InChI is InChI=1S/C7H5N3O3/c11-7-8-4-2-1-3-5(10(12)13)6(4)9-7/h1-3,6H,(H,9,11). The second-order valence-electron chi connectivity index (χ2n) is 2.63. The summed E-state index contributed by atoms with van der Waals surface area (Å²) in [5.74, 6) is 0. The van der Waals surface area contributed by atoms with Crippen LogP contribution >= 0.6 is 0 Å². The minimum atomic E-state index is -0.674. The molecule has 2 amide bonds. The average molecular weight is 179 g/mol. The Bertz CT molecular complexity index is 380. The fourth-order valence-corrected chi connectivity index (χ4v) is 1.28. The summed E-state index contributed by atoms with van der Waals surface area (Å²) in [5.41, 5.74) is 0.353. The predicted octanol–water partition coefficient (Wildman–Crippen LogP) is 0.250. The van der Waals surface area contributed by atoms with Gasteiger partial charge in [-0.25, -0.2) is 4.79 Å². The van der Waals surface area contributed by atoms with Crippen LogP contribution in [0.2, 0.25) is 0 Å². The minimum absolute atomic E-state index is 0.0490. The van der Waals surface area contributed by atoms with E-state index in [1.54, 1.807) is 6.08 Å². The van der Waals surface area contributed by atoms with Gasteiger partial charge in [-0.2, -0.15) is 4.99 Å². The van der Waals surface area contributed by atoms with Gasteiger partial charge in [0.15, 0.2) is 6.04 Å². The molecule has 0 fully saturated rings. The van der Waals surface area contributed by atoms with Crippen LogP contribution in [0.1, 0.15) is 0 Å². The quantitative estimate of drug-likeness (QED) is 0.462. The van der Waals surface area contributed by atoms with Crippen LogP contribution in [0.25, 0.3) is 0 Å². The Morgan fingerprint density at radius 3 is 3.08 bits per heavy atom. The van der Waals surface area contributed by atoms with Crippen molar-refractivity contribution in [2.75, 3.05) is 0 Å². The van der Waals surface area contributed by atoms with Crippen LogP contribution < -0.4 is 5.32 Å². The van der Waals surface area contributed by atoms with Gasteiger partial charge in [0, 0.05) is 6.08 Å². The monoisotopic (exact) mass is 179 g/mol. The minimum Gasteiger partial charge on any atom is -0.318 e. The molecule has 2 aliphatic rings. The number of allylic oxidation sites excluding steroid dienone is 2. The lowest BCUT2D eigenvalue weighted by Gasteiger charge is -2.09. The van der Waals surface area contributed by atoms with E-state index in [1.807, 2.05) is 0 Å². The molecule has 0 aromatic heterocycles. The van der Waals surface area contributed by atoms with Crippen molar-refractivity contribution in [3.05, 3.63) is 34.0 Å². The summed E-state index contributed by atoms with van der Waals surface area (Å²) in [6.07, 6.45) is 4.44. The Morgan fingerprint density at radius 2 is 2.38 bits per heavy atom. The van der Waals surface area contributed by atoms with E-state index in [0.29, 0.717) is 5.71 Å². The molecule has 0 saturated carbocycles. The highest BCUT2D eigenvalue weighted by Crippen LogP contribution is 2.16. The summed E-state index contributed by atoms with van der Waals surface area (Å²) in [4.78, 5) is 24.4. The number of urea groups is 1. The number of amides is 2. The van der Waals surface area contributed by atoms with Crippen molar-refractivity contribution in [2.45, 2.75) is 6.04 Å². The maximum Gasteiger partial charge on any atom is 0.342 e. The second kappa shape index (κ2) is 2.51. The van der Waals surface area contributed by atoms with Crippen LogP contribution in [0.15, 0.2) is 28.9 Å². The lowest BCUT2D eigenvalue weighted by Crippen LogP contribution is -2.36. The van der Waals surface area contributed by atoms with Gasteiger partial charge in [0.2, 0.25) is 0 Å². The van der Waals surface area contributed by atoms with Crippen molar-refractivity contribution in [2.24, 2.45) is 4.99 Å². The molecule has 1 aliphatic carbocycles. The highest BCUT2D eigenvalue weighted by molar-refractivity contribution is 6.12. The lowest BCUT2D eigenvalue weighted by molar-refractivity contribution is -0.428. The molecule has 0 bridgehead atoms. The summed E-state index contributed by atoms with van der Waals surface area (Å²) >= 11 is 0. The SMILES string of the molecule is O=C1N=C2C=CC=C([N+](=O)[O-])C2N1. The summed E-state index contributed by atoms with van der Waals surface area (Å²) in [7, 11) is 0. The van der Waals surface area contributed by atoms with E-state index in [0.717, 1.165) is 0 Å². The van der Waals surface area contributed by atoms with Crippen molar-refractivity contribution in [3.8, 4) is 0 Å². The fourth-order valence-electron chi connectivity index (χ4n) is 1.28. The average Bonchev–Trinajstić information content (AvgIpc) is 2.43. The molecule has 0 saturated heterocycles. The van der Waals surface area contributed by atoms with Crippen LogP contribution in [-0.4, -0.2) is 22.7 Å². The van der Waals surface area contributed by atoms with Gasteiger partial charge in [-0.15, -0.1) is 0 Å². The Hall–Kier alpha value is -1.98. The van der Waals surface area contributed by atoms with Crippen molar-refractivity contribution < 1.29 is 9.72 Å².